The van der Waals surface area contributed by atoms with E-state index in [-0.39, 0.29) is 16.5 Å². The number of rotatable bonds is 3. The number of halogens is 5. The average Bonchev–Trinajstić information content (AvgIpc) is 2.70. The zero-order chi connectivity index (χ0) is 16.9. The van der Waals surface area contributed by atoms with Crippen molar-refractivity contribution in [3.05, 3.63) is 29.5 Å². The van der Waals surface area contributed by atoms with Crippen molar-refractivity contribution >= 4 is 33.8 Å². The monoisotopic (exact) mass is 361 g/mol. The largest absolute Gasteiger partial charge is 0.534 e. The van der Waals surface area contributed by atoms with Crippen LogP contribution in [0.25, 0.3) is 10.9 Å². The molecule has 1 aromatic carbocycles. The Morgan fingerprint density at radius 3 is 2.36 bits per heavy atom. The molecule has 4 nitrogen and oxygen atoms in total. The molecule has 0 aliphatic rings. The van der Waals surface area contributed by atoms with Crippen LogP contribution >= 0.6 is 12.8 Å². The molecule has 0 aliphatic heterocycles. The summed E-state index contributed by atoms with van der Waals surface area (Å²) in [6, 6.07) is 3.10. The molecule has 2 rings (SSSR count). The zero-order valence-corrected chi connectivity index (χ0v) is 12.4. The van der Waals surface area contributed by atoms with Crippen molar-refractivity contribution < 1.29 is 34.6 Å². The SMILES string of the molecule is Cc1c(OS(=O)(=O)C(F)(F)F)ccc2c1cc(C(F)F)n2S. The molecular formula is C11H8F5NO3S2. The smallest absolute Gasteiger partial charge is 0.376 e. The van der Waals surface area contributed by atoms with Gasteiger partial charge in [-0.3, -0.25) is 3.97 Å². The van der Waals surface area contributed by atoms with E-state index in [0.29, 0.717) is 0 Å². The molecule has 0 aliphatic carbocycles. The van der Waals surface area contributed by atoms with Crippen LogP contribution < -0.4 is 4.18 Å². The Hall–Kier alpha value is -1.49. The van der Waals surface area contributed by atoms with Gasteiger partial charge in [0.15, 0.2) is 0 Å². The molecule has 0 radical (unpaired) electrons. The van der Waals surface area contributed by atoms with E-state index in [1.165, 1.54) is 6.92 Å². The van der Waals surface area contributed by atoms with Crippen LogP contribution in [0.15, 0.2) is 18.2 Å². The fourth-order valence-corrected chi connectivity index (χ4v) is 2.65. The molecule has 0 spiro atoms. The molecule has 0 saturated heterocycles. The van der Waals surface area contributed by atoms with Gasteiger partial charge < -0.3 is 4.18 Å². The van der Waals surface area contributed by atoms with Gasteiger partial charge in [-0.25, -0.2) is 8.78 Å². The number of aryl methyl sites for hydroxylation is 1. The standard InChI is InChI=1S/C11H8F5NO3S2/c1-5-6-4-8(10(12)13)17(21)7(6)2-3-9(5)20-22(18,19)11(14,15)16/h2-4,10,21H,1H3. The molecule has 0 saturated carbocycles. The van der Waals surface area contributed by atoms with Gasteiger partial charge >= 0.3 is 15.6 Å². The Morgan fingerprint density at radius 1 is 1.27 bits per heavy atom. The second-order valence-corrected chi connectivity index (χ2v) is 6.22. The molecule has 22 heavy (non-hydrogen) atoms. The van der Waals surface area contributed by atoms with Gasteiger partial charge in [-0.2, -0.15) is 21.6 Å². The zero-order valence-electron chi connectivity index (χ0n) is 10.7. The summed E-state index contributed by atoms with van der Waals surface area (Å²) in [5.41, 5.74) is -5.90. The normalized spacial score (nSPS) is 13.1. The summed E-state index contributed by atoms with van der Waals surface area (Å²) in [5.74, 6) is -0.593. The highest BCUT2D eigenvalue weighted by molar-refractivity contribution is 7.88. The van der Waals surface area contributed by atoms with Gasteiger partial charge in [0.25, 0.3) is 6.43 Å². The van der Waals surface area contributed by atoms with Crippen molar-refractivity contribution in [3.8, 4) is 5.75 Å². The van der Waals surface area contributed by atoms with Crippen LogP contribution in [0.3, 0.4) is 0 Å². The highest BCUT2D eigenvalue weighted by Gasteiger charge is 2.48. The summed E-state index contributed by atoms with van der Waals surface area (Å²) in [4.78, 5) is 0. The van der Waals surface area contributed by atoms with Crippen LogP contribution in [0.1, 0.15) is 17.7 Å². The van der Waals surface area contributed by atoms with E-state index in [9.17, 15) is 30.4 Å². The molecule has 1 aromatic heterocycles. The molecule has 11 heteroatoms. The number of fused-ring (bicyclic) bond motifs is 1. The van der Waals surface area contributed by atoms with Gasteiger partial charge in [-0.15, -0.1) is 0 Å². The van der Waals surface area contributed by atoms with E-state index in [2.05, 4.69) is 17.0 Å². The third kappa shape index (κ3) is 2.74. The Morgan fingerprint density at radius 2 is 1.86 bits per heavy atom. The quantitative estimate of drug-likeness (QED) is 0.391. The minimum absolute atomic E-state index is 0.0278. The fraction of sp³-hybridized carbons (Fsp3) is 0.273. The van der Waals surface area contributed by atoms with Gasteiger partial charge in [0.1, 0.15) is 5.75 Å². The number of benzene rings is 1. The molecule has 0 amide bonds. The number of nitrogens with zero attached hydrogens (tertiary/aromatic N) is 1. The molecule has 0 atom stereocenters. The first-order valence-electron chi connectivity index (χ1n) is 5.59. The number of hydrogen-bond donors (Lipinski definition) is 1. The summed E-state index contributed by atoms with van der Waals surface area (Å²) in [5, 5.41) is 0.111. The van der Waals surface area contributed by atoms with Gasteiger partial charge in [0, 0.05) is 10.9 Å². The number of aromatic nitrogens is 1. The van der Waals surface area contributed by atoms with Crippen molar-refractivity contribution in [1.29, 1.82) is 0 Å². The predicted molar refractivity (Wildman–Crippen MR) is 71.6 cm³/mol. The molecule has 0 N–H and O–H groups in total. The summed E-state index contributed by atoms with van der Waals surface area (Å²) < 4.78 is 89.4. The fourth-order valence-electron chi connectivity index (χ4n) is 1.82. The molecule has 0 fully saturated rings. The summed E-state index contributed by atoms with van der Waals surface area (Å²) in [6.07, 6.45) is -2.85. The lowest BCUT2D eigenvalue weighted by Crippen LogP contribution is -2.28. The minimum Gasteiger partial charge on any atom is -0.376 e. The van der Waals surface area contributed by atoms with Crippen LogP contribution in [0.2, 0.25) is 0 Å². The maximum Gasteiger partial charge on any atom is 0.534 e. The molecule has 122 valence electrons. The first-order chi connectivity index (χ1) is 9.95. The van der Waals surface area contributed by atoms with Crippen LogP contribution in [0.4, 0.5) is 22.0 Å². The van der Waals surface area contributed by atoms with Gasteiger partial charge in [-0.05, 0) is 25.1 Å². The lowest BCUT2D eigenvalue weighted by Gasteiger charge is -2.12. The Kier molecular flexibility index (Phi) is 4.07. The average molecular weight is 361 g/mol. The third-order valence-corrected chi connectivity index (χ3v) is 4.33. The van der Waals surface area contributed by atoms with Crippen LogP contribution in [-0.2, 0) is 10.1 Å². The number of thiol groups is 1. The minimum atomic E-state index is -5.84. The maximum absolute atomic E-state index is 12.8. The molecule has 0 bridgehead atoms. The van der Waals surface area contributed by atoms with E-state index in [1.807, 2.05) is 0 Å². The molecule has 2 aromatic rings. The summed E-state index contributed by atoms with van der Waals surface area (Å²) >= 11 is 3.87. The first kappa shape index (κ1) is 16.9. The molecule has 0 unspecified atom stereocenters. The second kappa shape index (κ2) is 5.30. The number of hydrogen-bond acceptors (Lipinski definition) is 4. The van der Waals surface area contributed by atoms with E-state index in [4.69, 9.17) is 0 Å². The summed E-state index contributed by atoms with van der Waals surface area (Å²) in [7, 11) is -5.84. The highest BCUT2D eigenvalue weighted by atomic mass is 32.2. The van der Waals surface area contributed by atoms with Crippen LogP contribution in [0, 0.1) is 6.92 Å². The lowest BCUT2D eigenvalue weighted by molar-refractivity contribution is -0.0500. The van der Waals surface area contributed by atoms with E-state index < -0.39 is 33.5 Å². The van der Waals surface area contributed by atoms with Gasteiger partial charge in [0.05, 0.1) is 11.2 Å². The van der Waals surface area contributed by atoms with E-state index in [0.717, 1.165) is 22.2 Å². The van der Waals surface area contributed by atoms with Crippen molar-refractivity contribution in [2.45, 2.75) is 18.9 Å². The second-order valence-electron chi connectivity index (χ2n) is 4.29. The van der Waals surface area contributed by atoms with Crippen molar-refractivity contribution in [2.75, 3.05) is 0 Å². The van der Waals surface area contributed by atoms with Crippen LogP contribution in [-0.4, -0.2) is 17.9 Å². The Balaban J connectivity index is 2.57. The van der Waals surface area contributed by atoms with Crippen LogP contribution in [0.5, 0.6) is 5.75 Å². The third-order valence-electron chi connectivity index (χ3n) is 2.91. The first-order valence-corrected chi connectivity index (χ1v) is 7.39. The highest BCUT2D eigenvalue weighted by Crippen LogP contribution is 2.36. The topological polar surface area (TPSA) is 48.3 Å². The Bertz CT molecular complexity index is 826. The van der Waals surface area contributed by atoms with E-state index >= 15 is 0 Å². The molecule has 1 heterocycles. The van der Waals surface area contributed by atoms with E-state index in [1.54, 1.807) is 0 Å². The van der Waals surface area contributed by atoms with Crippen molar-refractivity contribution in [3.63, 3.8) is 0 Å². The van der Waals surface area contributed by atoms with Crippen molar-refractivity contribution in [1.82, 2.24) is 3.97 Å². The Labute approximate surface area is 127 Å². The molecular weight excluding hydrogens is 353 g/mol. The van der Waals surface area contributed by atoms with Gasteiger partial charge in [0.2, 0.25) is 0 Å². The predicted octanol–water partition coefficient (Wildman–Crippen LogP) is 3.81. The maximum atomic E-state index is 12.8. The van der Waals surface area contributed by atoms with Gasteiger partial charge in [-0.1, -0.05) is 12.8 Å². The number of alkyl halides is 5. The summed E-state index contributed by atoms with van der Waals surface area (Å²) in [6.45, 7) is 1.26. The van der Waals surface area contributed by atoms with Crippen molar-refractivity contribution in [2.24, 2.45) is 0 Å². The lowest BCUT2D eigenvalue weighted by atomic mass is 10.1.